The van der Waals surface area contributed by atoms with Crippen LogP contribution in [0.5, 0.6) is 0 Å². The van der Waals surface area contributed by atoms with Gasteiger partial charge in [-0.2, -0.15) is 0 Å². The van der Waals surface area contributed by atoms with Crippen LogP contribution in [0.4, 0.5) is 15.8 Å². The number of amides is 1. The quantitative estimate of drug-likeness (QED) is 0.791. The summed E-state index contributed by atoms with van der Waals surface area (Å²) in [6, 6.07) is 15.5. The Morgan fingerprint density at radius 2 is 1.71 bits per heavy atom. The van der Waals surface area contributed by atoms with Crippen LogP contribution >= 0.6 is 0 Å². The van der Waals surface area contributed by atoms with Crippen LogP contribution in [0.25, 0.3) is 0 Å². The molecule has 1 heterocycles. The van der Waals surface area contributed by atoms with Gasteiger partial charge in [0, 0.05) is 38.0 Å². The molecule has 0 aliphatic carbocycles. The second-order valence-corrected chi connectivity index (χ2v) is 7.60. The molecule has 0 unspecified atom stereocenters. The van der Waals surface area contributed by atoms with Crippen LogP contribution in [0.3, 0.4) is 0 Å². The molecule has 3 rings (SSSR count). The minimum Gasteiger partial charge on any atom is -0.378 e. The number of anilines is 2. The van der Waals surface area contributed by atoms with E-state index in [1.807, 2.05) is 26.2 Å². The zero-order chi connectivity index (χ0) is 20.1. The van der Waals surface area contributed by atoms with E-state index in [0.717, 1.165) is 37.6 Å². The molecule has 0 spiro atoms. The molecule has 1 saturated heterocycles. The van der Waals surface area contributed by atoms with Crippen molar-refractivity contribution < 1.29 is 14.1 Å². The molecule has 6 heteroatoms. The van der Waals surface area contributed by atoms with Gasteiger partial charge in [-0.05, 0) is 36.4 Å². The lowest BCUT2D eigenvalue weighted by atomic mass is 10.0. The number of carbonyl (C=O) groups excluding carboxylic acids is 1. The van der Waals surface area contributed by atoms with Gasteiger partial charge in [-0.1, -0.05) is 12.1 Å². The lowest BCUT2D eigenvalue weighted by Crippen LogP contribution is -3.15. The molecule has 28 heavy (non-hydrogen) atoms. The van der Waals surface area contributed by atoms with E-state index in [0.29, 0.717) is 6.54 Å². The second-order valence-electron chi connectivity index (χ2n) is 7.60. The van der Waals surface area contributed by atoms with Gasteiger partial charge in [0.05, 0.1) is 32.7 Å². The number of nitrogens with one attached hydrogen (secondary N) is 2. The van der Waals surface area contributed by atoms with E-state index in [4.69, 9.17) is 0 Å². The number of rotatable bonds is 6. The molecule has 0 radical (unpaired) electrons. The minimum absolute atomic E-state index is 0.000685. The molecule has 0 aromatic heterocycles. The van der Waals surface area contributed by atoms with Gasteiger partial charge in [-0.15, -0.1) is 0 Å². The average molecular weight is 386 g/mol. The molecular formula is C22H30FN4O+. The fraction of sp³-hybridized carbons (Fsp3) is 0.409. The first-order chi connectivity index (χ1) is 13.4. The van der Waals surface area contributed by atoms with Gasteiger partial charge in [0.1, 0.15) is 11.9 Å². The first-order valence-electron chi connectivity index (χ1n) is 9.81. The number of halogens is 1. The van der Waals surface area contributed by atoms with Crippen LogP contribution in [0.2, 0.25) is 0 Å². The molecule has 2 N–H and O–H groups in total. The largest absolute Gasteiger partial charge is 0.378 e. The summed E-state index contributed by atoms with van der Waals surface area (Å²) in [6.07, 6.45) is 0. The van der Waals surface area contributed by atoms with Gasteiger partial charge in [-0.25, -0.2) is 4.39 Å². The van der Waals surface area contributed by atoms with Gasteiger partial charge in [0.2, 0.25) is 5.91 Å². The first kappa shape index (κ1) is 20.1. The van der Waals surface area contributed by atoms with Crippen molar-refractivity contribution in [2.24, 2.45) is 0 Å². The minimum atomic E-state index is -0.204. The molecule has 1 atom stereocenters. The van der Waals surface area contributed by atoms with Crippen molar-refractivity contribution >= 4 is 17.3 Å². The Kier molecular flexibility index (Phi) is 6.52. The number of piperazine rings is 1. The van der Waals surface area contributed by atoms with Gasteiger partial charge >= 0.3 is 0 Å². The molecule has 0 saturated carbocycles. The Balaban J connectivity index is 1.70. The maximum absolute atomic E-state index is 13.2. The number of nitrogens with zero attached hydrogens (tertiary/aromatic N) is 2. The van der Waals surface area contributed by atoms with Crippen LogP contribution in [0.1, 0.15) is 18.5 Å². The van der Waals surface area contributed by atoms with Crippen molar-refractivity contribution in [3.63, 3.8) is 0 Å². The number of carbonyl (C=O) groups is 1. The topological polar surface area (TPSA) is 40.0 Å². The molecule has 2 aromatic carbocycles. The maximum Gasteiger partial charge on any atom is 0.217 e. The fourth-order valence-corrected chi connectivity index (χ4v) is 3.80. The fourth-order valence-electron chi connectivity index (χ4n) is 3.80. The van der Waals surface area contributed by atoms with Gasteiger partial charge in [0.25, 0.3) is 0 Å². The molecule has 0 bridgehead atoms. The van der Waals surface area contributed by atoms with Crippen molar-refractivity contribution in [1.29, 1.82) is 0 Å². The monoisotopic (exact) mass is 385 g/mol. The summed E-state index contributed by atoms with van der Waals surface area (Å²) < 4.78 is 13.2. The predicted molar refractivity (Wildman–Crippen MR) is 112 cm³/mol. The Labute approximate surface area is 166 Å². The van der Waals surface area contributed by atoms with E-state index in [9.17, 15) is 9.18 Å². The average Bonchev–Trinajstić information content (AvgIpc) is 2.69. The summed E-state index contributed by atoms with van der Waals surface area (Å²) >= 11 is 0. The van der Waals surface area contributed by atoms with Gasteiger partial charge in [0.15, 0.2) is 0 Å². The highest BCUT2D eigenvalue weighted by Gasteiger charge is 2.29. The molecular weight excluding hydrogens is 355 g/mol. The van der Waals surface area contributed by atoms with Crippen LogP contribution in [0, 0.1) is 5.82 Å². The normalized spacial score (nSPS) is 15.9. The van der Waals surface area contributed by atoms with Gasteiger partial charge < -0.3 is 20.0 Å². The number of hydrogen-bond donors (Lipinski definition) is 2. The molecule has 150 valence electrons. The summed E-state index contributed by atoms with van der Waals surface area (Å²) in [7, 11) is 4.06. The summed E-state index contributed by atoms with van der Waals surface area (Å²) in [5.41, 5.74) is 3.47. The standard InChI is InChI=1S/C22H29FN4O/c1-17(28)24-16-22(18-4-8-20(9-5-18)25(2)3)27-14-12-26(13-15-27)21-10-6-19(23)7-11-21/h4-11,22H,12-16H2,1-3H3,(H,24,28)/p+1/t22-/m1/s1. The molecule has 2 aromatic rings. The SMILES string of the molecule is CC(=O)NC[C@H](c1ccc(N(C)C)cc1)[NH+]1CCN(c2ccc(F)cc2)CC1. The number of hydrogen-bond acceptors (Lipinski definition) is 3. The molecule has 1 amide bonds. The smallest absolute Gasteiger partial charge is 0.217 e. The van der Waals surface area contributed by atoms with Crippen LogP contribution in [0.15, 0.2) is 48.5 Å². The Bertz CT molecular complexity index is 768. The van der Waals surface area contributed by atoms with Crippen LogP contribution < -0.4 is 20.0 Å². The highest BCUT2D eigenvalue weighted by atomic mass is 19.1. The predicted octanol–water partition coefficient (Wildman–Crippen LogP) is 1.47. The van der Waals surface area contributed by atoms with E-state index in [2.05, 4.69) is 39.4 Å². The number of benzene rings is 2. The van der Waals surface area contributed by atoms with E-state index in [-0.39, 0.29) is 17.8 Å². The Morgan fingerprint density at radius 3 is 2.25 bits per heavy atom. The third-order valence-electron chi connectivity index (χ3n) is 5.46. The van der Waals surface area contributed by atoms with Gasteiger partial charge in [-0.3, -0.25) is 4.79 Å². The van der Waals surface area contributed by atoms with E-state index in [1.54, 1.807) is 6.92 Å². The zero-order valence-corrected chi connectivity index (χ0v) is 16.9. The summed E-state index contributed by atoms with van der Waals surface area (Å²) in [5.74, 6) is -0.205. The summed E-state index contributed by atoms with van der Waals surface area (Å²) in [5, 5.41) is 3.00. The summed E-state index contributed by atoms with van der Waals surface area (Å²) in [6.45, 7) is 5.95. The third kappa shape index (κ3) is 5.01. The zero-order valence-electron chi connectivity index (χ0n) is 16.9. The maximum atomic E-state index is 13.2. The highest BCUT2D eigenvalue weighted by molar-refractivity contribution is 5.72. The second kappa shape index (κ2) is 9.06. The van der Waals surface area contributed by atoms with E-state index >= 15 is 0 Å². The first-order valence-corrected chi connectivity index (χ1v) is 9.81. The van der Waals surface area contributed by atoms with Crippen LogP contribution in [-0.4, -0.2) is 52.7 Å². The van der Waals surface area contributed by atoms with Crippen LogP contribution in [-0.2, 0) is 4.79 Å². The van der Waals surface area contributed by atoms with E-state index in [1.165, 1.54) is 22.6 Å². The Morgan fingerprint density at radius 1 is 1.11 bits per heavy atom. The third-order valence-corrected chi connectivity index (χ3v) is 5.46. The van der Waals surface area contributed by atoms with Crippen molar-refractivity contribution in [3.05, 3.63) is 59.9 Å². The molecule has 1 aliphatic heterocycles. The van der Waals surface area contributed by atoms with Crippen molar-refractivity contribution in [1.82, 2.24) is 5.32 Å². The molecule has 5 nitrogen and oxygen atoms in total. The Hall–Kier alpha value is -2.60. The lowest BCUT2D eigenvalue weighted by molar-refractivity contribution is -0.931. The molecule has 1 fully saturated rings. The van der Waals surface area contributed by atoms with Crippen molar-refractivity contribution in [2.75, 3.05) is 56.6 Å². The number of quaternary nitrogens is 1. The van der Waals surface area contributed by atoms with Crippen molar-refractivity contribution in [2.45, 2.75) is 13.0 Å². The van der Waals surface area contributed by atoms with E-state index < -0.39 is 0 Å². The highest BCUT2D eigenvalue weighted by Crippen LogP contribution is 2.18. The van der Waals surface area contributed by atoms with Crippen molar-refractivity contribution in [3.8, 4) is 0 Å². The summed E-state index contributed by atoms with van der Waals surface area (Å²) in [4.78, 5) is 17.4. The lowest BCUT2D eigenvalue weighted by Gasteiger charge is -2.38. The molecule has 1 aliphatic rings.